The van der Waals surface area contributed by atoms with Crippen molar-refractivity contribution >= 4 is 34.8 Å². The van der Waals surface area contributed by atoms with Crippen LogP contribution in [0.1, 0.15) is 40.0 Å². The van der Waals surface area contributed by atoms with Crippen LogP contribution in [0.5, 0.6) is 0 Å². The summed E-state index contributed by atoms with van der Waals surface area (Å²) in [6, 6.07) is 1.78. The summed E-state index contributed by atoms with van der Waals surface area (Å²) < 4.78 is 0. The van der Waals surface area contributed by atoms with E-state index in [1.165, 1.54) is 19.3 Å². The molecule has 2 rings (SSSR count). The van der Waals surface area contributed by atoms with Crippen LogP contribution in [-0.4, -0.2) is 25.1 Å². The van der Waals surface area contributed by atoms with Crippen molar-refractivity contribution in [3.63, 3.8) is 0 Å². The predicted molar refractivity (Wildman–Crippen MR) is 92.8 cm³/mol. The van der Waals surface area contributed by atoms with Gasteiger partial charge in [0.2, 0.25) is 0 Å². The van der Waals surface area contributed by atoms with E-state index in [-0.39, 0.29) is 0 Å². The van der Waals surface area contributed by atoms with E-state index in [1.54, 1.807) is 6.07 Å². The molecule has 1 aliphatic rings. The van der Waals surface area contributed by atoms with Gasteiger partial charge in [-0.25, -0.2) is 4.98 Å². The van der Waals surface area contributed by atoms with E-state index < -0.39 is 0 Å². The summed E-state index contributed by atoms with van der Waals surface area (Å²) in [6.07, 6.45) is 3.63. The van der Waals surface area contributed by atoms with E-state index >= 15 is 0 Å². The molecule has 1 N–H and O–H groups in total. The Balaban J connectivity index is 2.19. The number of nitrogens with zero attached hydrogens (tertiary/aromatic N) is 2. The second-order valence-electron chi connectivity index (χ2n) is 6.86. The highest BCUT2D eigenvalue weighted by atomic mass is 35.5. The van der Waals surface area contributed by atoms with E-state index in [1.807, 2.05) is 7.05 Å². The van der Waals surface area contributed by atoms with E-state index in [2.05, 4.69) is 36.0 Å². The molecule has 1 atom stereocenters. The smallest absolute Gasteiger partial charge is 0.149 e. The molecular formula is C16H25Cl2N3. The van der Waals surface area contributed by atoms with Crippen LogP contribution in [0.3, 0.4) is 0 Å². The van der Waals surface area contributed by atoms with Crippen molar-refractivity contribution in [2.24, 2.45) is 11.3 Å². The Hall–Kier alpha value is -0.670. The van der Waals surface area contributed by atoms with Gasteiger partial charge in [-0.2, -0.15) is 0 Å². The minimum Gasteiger partial charge on any atom is -0.372 e. The molecule has 1 aromatic heterocycles. The van der Waals surface area contributed by atoms with Crippen LogP contribution < -0.4 is 10.2 Å². The molecule has 1 unspecified atom stereocenters. The second kappa shape index (κ2) is 6.62. The normalized spacial score (nSPS) is 20.3. The van der Waals surface area contributed by atoms with Crippen LogP contribution in [0.15, 0.2) is 6.07 Å². The Labute approximate surface area is 138 Å². The van der Waals surface area contributed by atoms with Gasteiger partial charge in [-0.3, -0.25) is 0 Å². The molecule has 21 heavy (non-hydrogen) atoms. The first-order valence-electron chi connectivity index (χ1n) is 7.61. The Morgan fingerprint density at radius 1 is 1.19 bits per heavy atom. The third-order valence-electron chi connectivity index (χ3n) is 4.40. The highest BCUT2D eigenvalue weighted by Crippen LogP contribution is 2.37. The second-order valence-corrected chi connectivity index (χ2v) is 7.67. The summed E-state index contributed by atoms with van der Waals surface area (Å²) in [5, 5.41) is 4.22. The van der Waals surface area contributed by atoms with Crippen LogP contribution in [0.25, 0.3) is 0 Å². The van der Waals surface area contributed by atoms with Crippen molar-refractivity contribution in [1.29, 1.82) is 0 Å². The quantitative estimate of drug-likeness (QED) is 0.819. The molecule has 1 fully saturated rings. The fourth-order valence-electron chi connectivity index (χ4n) is 3.03. The van der Waals surface area contributed by atoms with Crippen molar-refractivity contribution in [2.75, 3.05) is 30.4 Å². The van der Waals surface area contributed by atoms with E-state index in [9.17, 15) is 0 Å². The summed E-state index contributed by atoms with van der Waals surface area (Å²) in [7, 11) is 1.82. The molecule has 0 bridgehead atoms. The lowest BCUT2D eigenvalue weighted by Gasteiger charge is -2.30. The molecule has 0 aromatic carbocycles. The van der Waals surface area contributed by atoms with Crippen molar-refractivity contribution in [1.82, 2.24) is 4.98 Å². The maximum absolute atomic E-state index is 6.35. The lowest BCUT2D eigenvalue weighted by atomic mass is 9.77. The number of halogens is 2. The van der Waals surface area contributed by atoms with Crippen LogP contribution in [0.2, 0.25) is 10.0 Å². The monoisotopic (exact) mass is 329 g/mol. The van der Waals surface area contributed by atoms with Crippen LogP contribution in [0.4, 0.5) is 11.6 Å². The number of rotatable bonds is 2. The molecule has 1 saturated heterocycles. The zero-order valence-corrected chi connectivity index (χ0v) is 14.9. The third-order valence-corrected chi connectivity index (χ3v) is 4.97. The molecule has 0 radical (unpaired) electrons. The lowest BCUT2D eigenvalue weighted by molar-refractivity contribution is 0.220. The number of pyridine rings is 1. The zero-order valence-electron chi connectivity index (χ0n) is 13.3. The Kier molecular flexibility index (Phi) is 5.26. The molecular weight excluding hydrogens is 305 g/mol. The lowest BCUT2D eigenvalue weighted by Crippen LogP contribution is -2.27. The summed E-state index contributed by atoms with van der Waals surface area (Å²) in [5.74, 6) is 2.28. The van der Waals surface area contributed by atoms with Crippen molar-refractivity contribution in [3.8, 4) is 0 Å². The molecule has 0 aliphatic carbocycles. The fraction of sp³-hybridized carbons (Fsp3) is 0.688. The SMILES string of the molecule is CNc1nc(N2CCCC(C(C)(C)C)CC2)c(Cl)cc1Cl. The van der Waals surface area contributed by atoms with Gasteiger partial charge in [0.25, 0.3) is 0 Å². The number of aromatic nitrogens is 1. The van der Waals surface area contributed by atoms with Gasteiger partial charge in [-0.15, -0.1) is 0 Å². The highest BCUT2D eigenvalue weighted by molar-refractivity contribution is 6.37. The maximum Gasteiger partial charge on any atom is 0.149 e. The number of hydrogen-bond donors (Lipinski definition) is 1. The predicted octanol–water partition coefficient (Wildman–Crippen LogP) is 5.08. The van der Waals surface area contributed by atoms with Crippen molar-refractivity contribution in [2.45, 2.75) is 40.0 Å². The van der Waals surface area contributed by atoms with Crippen LogP contribution >= 0.6 is 23.2 Å². The highest BCUT2D eigenvalue weighted by Gasteiger charge is 2.28. The first-order chi connectivity index (χ1) is 9.82. The fourth-order valence-corrected chi connectivity index (χ4v) is 3.60. The largest absolute Gasteiger partial charge is 0.372 e. The van der Waals surface area contributed by atoms with E-state index in [0.29, 0.717) is 21.3 Å². The average Bonchev–Trinajstić information content (AvgIpc) is 2.64. The first kappa shape index (κ1) is 16.7. The molecule has 5 heteroatoms. The van der Waals surface area contributed by atoms with E-state index in [4.69, 9.17) is 23.2 Å². The standard InChI is InChI=1S/C16H25Cl2N3/c1-16(2,3)11-6-5-8-21(9-7-11)15-13(18)10-12(17)14(19-4)20-15/h10-11H,5-9H2,1-4H3,(H,19,20). The van der Waals surface area contributed by atoms with Crippen LogP contribution in [-0.2, 0) is 0 Å². The number of hydrogen-bond acceptors (Lipinski definition) is 3. The Morgan fingerprint density at radius 3 is 2.52 bits per heavy atom. The first-order valence-corrected chi connectivity index (χ1v) is 8.37. The molecule has 118 valence electrons. The van der Waals surface area contributed by atoms with Gasteiger partial charge < -0.3 is 10.2 Å². The van der Waals surface area contributed by atoms with Gasteiger partial charge in [0.15, 0.2) is 0 Å². The zero-order chi connectivity index (χ0) is 15.6. The molecule has 0 amide bonds. The van der Waals surface area contributed by atoms with Gasteiger partial charge in [-0.1, -0.05) is 44.0 Å². The summed E-state index contributed by atoms with van der Waals surface area (Å²) in [5.41, 5.74) is 0.364. The molecule has 2 heterocycles. The Morgan fingerprint density at radius 2 is 1.90 bits per heavy atom. The number of nitrogens with one attached hydrogen (secondary N) is 1. The molecule has 0 saturated carbocycles. The van der Waals surface area contributed by atoms with Crippen molar-refractivity contribution < 1.29 is 0 Å². The summed E-state index contributed by atoms with van der Waals surface area (Å²) >= 11 is 12.5. The van der Waals surface area contributed by atoms with Crippen LogP contribution in [0, 0.1) is 11.3 Å². The summed E-state index contributed by atoms with van der Waals surface area (Å²) in [4.78, 5) is 6.89. The third kappa shape index (κ3) is 3.95. The minimum absolute atomic E-state index is 0.364. The van der Waals surface area contributed by atoms with Gasteiger partial charge in [0.1, 0.15) is 11.6 Å². The molecule has 3 nitrogen and oxygen atoms in total. The van der Waals surface area contributed by atoms with Gasteiger partial charge in [0.05, 0.1) is 10.0 Å². The molecule has 0 spiro atoms. The minimum atomic E-state index is 0.364. The topological polar surface area (TPSA) is 28.2 Å². The molecule has 1 aliphatic heterocycles. The number of anilines is 2. The Bertz CT molecular complexity index is 497. The summed E-state index contributed by atoms with van der Waals surface area (Å²) in [6.45, 7) is 9.00. The van der Waals surface area contributed by atoms with Crippen molar-refractivity contribution in [3.05, 3.63) is 16.1 Å². The van der Waals surface area contributed by atoms with Gasteiger partial charge in [0, 0.05) is 20.1 Å². The van der Waals surface area contributed by atoms with Gasteiger partial charge >= 0.3 is 0 Å². The molecule has 1 aromatic rings. The average molecular weight is 330 g/mol. The van der Waals surface area contributed by atoms with E-state index in [0.717, 1.165) is 24.8 Å². The maximum atomic E-state index is 6.35. The van der Waals surface area contributed by atoms with Gasteiger partial charge in [-0.05, 0) is 36.7 Å².